The van der Waals surface area contributed by atoms with Gasteiger partial charge in [-0.05, 0) is 6.42 Å². The minimum atomic E-state index is -0.317. The van der Waals surface area contributed by atoms with Gasteiger partial charge in [0.25, 0.3) is 0 Å². The third-order valence-electron chi connectivity index (χ3n) is 2.24. The molecule has 1 unspecified atom stereocenters. The van der Waals surface area contributed by atoms with Gasteiger partial charge in [-0.3, -0.25) is 4.79 Å². The van der Waals surface area contributed by atoms with Gasteiger partial charge in [0.15, 0.2) is 0 Å². The first-order valence-corrected chi connectivity index (χ1v) is 4.87. The maximum absolute atomic E-state index is 11.6. The summed E-state index contributed by atoms with van der Waals surface area (Å²) in [6.45, 7) is 4.70. The number of hydrogen-bond donors (Lipinski definition) is 1. The Labute approximate surface area is 91.2 Å². The van der Waals surface area contributed by atoms with Crippen molar-refractivity contribution < 1.29 is 9.53 Å². The Bertz CT molecular complexity index is 172. The lowest BCUT2D eigenvalue weighted by atomic mass is 10.1. The molecule has 0 radical (unpaired) electrons. The van der Waals surface area contributed by atoms with Crippen molar-refractivity contribution in [3.63, 3.8) is 0 Å². The van der Waals surface area contributed by atoms with Crippen molar-refractivity contribution in [3.8, 4) is 0 Å². The number of halogens is 1. The Morgan fingerprint density at radius 2 is 2.07 bits per heavy atom. The largest absolute Gasteiger partial charge is 0.378 e. The molecule has 14 heavy (non-hydrogen) atoms. The summed E-state index contributed by atoms with van der Waals surface area (Å²) in [4.78, 5) is 13.4. The summed E-state index contributed by atoms with van der Waals surface area (Å²) in [5.41, 5.74) is 5.73. The van der Waals surface area contributed by atoms with Crippen molar-refractivity contribution in [3.05, 3.63) is 0 Å². The number of nitrogens with two attached hydrogens (primary N) is 1. The Kier molecular flexibility index (Phi) is 6.87. The first-order valence-electron chi connectivity index (χ1n) is 4.87. The molecule has 1 atom stereocenters. The van der Waals surface area contributed by atoms with Crippen LogP contribution in [0.3, 0.4) is 0 Å². The smallest absolute Gasteiger partial charge is 0.239 e. The van der Waals surface area contributed by atoms with Gasteiger partial charge in [0.2, 0.25) is 5.91 Å². The molecular formula is C9H19ClN2O2. The summed E-state index contributed by atoms with van der Waals surface area (Å²) in [6.07, 6.45) is 1.73. The average Bonchev–Trinajstić information content (AvgIpc) is 2.18. The molecule has 1 aliphatic rings. The van der Waals surface area contributed by atoms with Crippen LogP contribution in [0.2, 0.25) is 0 Å². The fraction of sp³-hybridized carbons (Fsp3) is 0.889. The number of carbonyl (C=O) groups excluding carboxylic acids is 1. The number of carbonyl (C=O) groups is 1. The van der Waals surface area contributed by atoms with E-state index < -0.39 is 0 Å². The van der Waals surface area contributed by atoms with Crippen LogP contribution < -0.4 is 5.73 Å². The maximum Gasteiger partial charge on any atom is 0.239 e. The van der Waals surface area contributed by atoms with Crippen molar-refractivity contribution in [2.24, 2.45) is 5.73 Å². The highest BCUT2D eigenvalue weighted by molar-refractivity contribution is 5.85. The zero-order valence-corrected chi connectivity index (χ0v) is 9.39. The predicted octanol–water partition coefficient (Wildman–Crippen LogP) is 0.394. The molecule has 0 aliphatic carbocycles. The summed E-state index contributed by atoms with van der Waals surface area (Å²) < 4.78 is 5.15. The van der Waals surface area contributed by atoms with Crippen molar-refractivity contribution in [2.45, 2.75) is 25.8 Å². The molecule has 5 heteroatoms. The van der Waals surface area contributed by atoms with E-state index in [-0.39, 0.29) is 24.4 Å². The van der Waals surface area contributed by atoms with Gasteiger partial charge in [0.1, 0.15) is 0 Å². The Morgan fingerprint density at radius 3 is 2.57 bits per heavy atom. The second-order valence-electron chi connectivity index (χ2n) is 3.33. The van der Waals surface area contributed by atoms with E-state index in [0.717, 1.165) is 12.8 Å². The molecule has 0 aromatic carbocycles. The third kappa shape index (κ3) is 3.82. The topological polar surface area (TPSA) is 55.6 Å². The summed E-state index contributed by atoms with van der Waals surface area (Å²) in [5.74, 6) is 0.0742. The standard InChI is InChI=1S/C9H18N2O2.ClH/c1-2-3-8(10)9(12)11-4-6-13-7-5-11;/h8H,2-7,10H2,1H3;1H. The first kappa shape index (κ1) is 13.7. The molecule has 84 valence electrons. The van der Waals surface area contributed by atoms with Crippen LogP contribution in [0.15, 0.2) is 0 Å². The minimum absolute atomic E-state index is 0. The highest BCUT2D eigenvalue weighted by atomic mass is 35.5. The fourth-order valence-electron chi connectivity index (χ4n) is 1.45. The van der Waals surface area contributed by atoms with E-state index in [1.54, 1.807) is 4.90 Å². The SMILES string of the molecule is CCCC(N)C(=O)N1CCOCC1.Cl. The van der Waals surface area contributed by atoms with Crippen molar-refractivity contribution >= 4 is 18.3 Å². The molecule has 1 heterocycles. The zero-order valence-electron chi connectivity index (χ0n) is 8.57. The van der Waals surface area contributed by atoms with Gasteiger partial charge in [0.05, 0.1) is 19.3 Å². The molecule has 2 N–H and O–H groups in total. The highest BCUT2D eigenvalue weighted by Gasteiger charge is 2.21. The summed E-state index contributed by atoms with van der Waals surface area (Å²) in [5, 5.41) is 0. The van der Waals surface area contributed by atoms with E-state index in [2.05, 4.69) is 0 Å². The van der Waals surface area contributed by atoms with Crippen LogP contribution in [-0.4, -0.2) is 43.2 Å². The van der Waals surface area contributed by atoms with Gasteiger partial charge in [0, 0.05) is 13.1 Å². The van der Waals surface area contributed by atoms with Crippen LogP contribution >= 0.6 is 12.4 Å². The second-order valence-corrected chi connectivity index (χ2v) is 3.33. The molecule has 0 aromatic rings. The van der Waals surface area contributed by atoms with Crippen LogP contribution in [-0.2, 0) is 9.53 Å². The number of morpholine rings is 1. The number of nitrogens with zero attached hydrogens (tertiary/aromatic N) is 1. The van der Waals surface area contributed by atoms with Gasteiger partial charge in [-0.25, -0.2) is 0 Å². The molecule has 1 amide bonds. The summed E-state index contributed by atoms with van der Waals surface area (Å²) >= 11 is 0. The second kappa shape index (κ2) is 7.04. The number of rotatable bonds is 3. The van der Waals surface area contributed by atoms with Crippen LogP contribution in [0.5, 0.6) is 0 Å². The lowest BCUT2D eigenvalue weighted by Crippen LogP contribution is -2.48. The van der Waals surface area contributed by atoms with E-state index in [1.807, 2.05) is 6.92 Å². The van der Waals surface area contributed by atoms with E-state index in [4.69, 9.17) is 10.5 Å². The Morgan fingerprint density at radius 1 is 1.50 bits per heavy atom. The van der Waals surface area contributed by atoms with Crippen LogP contribution in [0.4, 0.5) is 0 Å². The molecular weight excluding hydrogens is 204 g/mol. The molecule has 0 bridgehead atoms. The molecule has 1 rings (SSSR count). The number of amides is 1. The normalized spacial score (nSPS) is 18.6. The quantitative estimate of drug-likeness (QED) is 0.752. The minimum Gasteiger partial charge on any atom is -0.378 e. The van der Waals surface area contributed by atoms with Crippen LogP contribution in [0.1, 0.15) is 19.8 Å². The molecule has 1 fully saturated rings. The fourth-order valence-corrected chi connectivity index (χ4v) is 1.45. The highest BCUT2D eigenvalue weighted by Crippen LogP contribution is 2.03. The third-order valence-corrected chi connectivity index (χ3v) is 2.24. The monoisotopic (exact) mass is 222 g/mol. The van der Waals surface area contributed by atoms with Gasteiger partial charge in [-0.1, -0.05) is 13.3 Å². The van der Waals surface area contributed by atoms with Crippen molar-refractivity contribution in [2.75, 3.05) is 26.3 Å². The van der Waals surface area contributed by atoms with E-state index >= 15 is 0 Å². The average molecular weight is 223 g/mol. The lowest BCUT2D eigenvalue weighted by molar-refractivity contribution is -0.136. The molecule has 1 aliphatic heterocycles. The molecule has 0 saturated carbocycles. The summed E-state index contributed by atoms with van der Waals surface area (Å²) in [6, 6.07) is -0.317. The molecule has 1 saturated heterocycles. The molecule has 4 nitrogen and oxygen atoms in total. The van der Waals surface area contributed by atoms with Crippen LogP contribution in [0.25, 0.3) is 0 Å². The summed E-state index contributed by atoms with van der Waals surface area (Å²) in [7, 11) is 0. The zero-order chi connectivity index (χ0) is 9.68. The molecule has 0 aromatic heterocycles. The first-order chi connectivity index (χ1) is 6.25. The lowest BCUT2D eigenvalue weighted by Gasteiger charge is -2.29. The Hall–Kier alpha value is -0.320. The van der Waals surface area contributed by atoms with E-state index in [9.17, 15) is 4.79 Å². The van der Waals surface area contributed by atoms with E-state index in [0.29, 0.717) is 26.3 Å². The maximum atomic E-state index is 11.6. The van der Waals surface area contributed by atoms with Crippen molar-refractivity contribution in [1.29, 1.82) is 0 Å². The molecule has 0 spiro atoms. The van der Waals surface area contributed by atoms with Gasteiger partial charge < -0.3 is 15.4 Å². The van der Waals surface area contributed by atoms with Gasteiger partial charge in [-0.2, -0.15) is 0 Å². The Balaban J connectivity index is 0.00000169. The van der Waals surface area contributed by atoms with E-state index in [1.165, 1.54) is 0 Å². The van der Waals surface area contributed by atoms with Crippen LogP contribution in [0, 0.1) is 0 Å². The van der Waals surface area contributed by atoms with Gasteiger partial charge >= 0.3 is 0 Å². The van der Waals surface area contributed by atoms with Crippen molar-refractivity contribution in [1.82, 2.24) is 4.90 Å². The number of ether oxygens (including phenoxy) is 1. The number of hydrogen-bond acceptors (Lipinski definition) is 3. The van der Waals surface area contributed by atoms with Gasteiger partial charge in [-0.15, -0.1) is 12.4 Å². The predicted molar refractivity (Wildman–Crippen MR) is 57.5 cm³/mol.